The number of esters is 1. The lowest BCUT2D eigenvalue weighted by atomic mass is 9.98. The number of nitrogens with zero attached hydrogens (tertiary/aromatic N) is 2. The zero-order valence-electron chi connectivity index (χ0n) is 18.4. The lowest BCUT2D eigenvalue weighted by Gasteiger charge is -2.30. The molecule has 0 N–H and O–H groups in total. The summed E-state index contributed by atoms with van der Waals surface area (Å²) in [5.41, 5.74) is 1.78. The molecule has 8 nitrogen and oxygen atoms in total. The maximum Gasteiger partial charge on any atom is 0.309 e. The van der Waals surface area contributed by atoms with Gasteiger partial charge in [-0.05, 0) is 50.5 Å². The molecule has 9 heteroatoms. The summed E-state index contributed by atoms with van der Waals surface area (Å²) in [5.74, 6) is -1.40. The smallest absolute Gasteiger partial charge is 0.309 e. The fraction of sp³-hybridized carbons (Fsp3) is 0.375. The summed E-state index contributed by atoms with van der Waals surface area (Å²) >= 11 is 0. The van der Waals surface area contributed by atoms with Crippen LogP contribution < -0.4 is 0 Å². The summed E-state index contributed by atoms with van der Waals surface area (Å²) in [5, 5.41) is 0. The summed E-state index contributed by atoms with van der Waals surface area (Å²) < 4.78 is 32.4. The van der Waals surface area contributed by atoms with Gasteiger partial charge in [-0.15, -0.1) is 0 Å². The summed E-state index contributed by atoms with van der Waals surface area (Å²) in [6.07, 6.45) is 1.13. The molecule has 4 rings (SSSR count). The normalized spacial score (nSPS) is 17.3. The van der Waals surface area contributed by atoms with Crippen molar-refractivity contribution in [2.75, 3.05) is 26.2 Å². The van der Waals surface area contributed by atoms with Crippen molar-refractivity contribution in [3.05, 3.63) is 65.2 Å². The predicted octanol–water partition coefficient (Wildman–Crippen LogP) is 2.63. The van der Waals surface area contributed by atoms with E-state index in [1.807, 2.05) is 6.92 Å². The van der Waals surface area contributed by atoms with E-state index in [0.717, 1.165) is 5.56 Å². The Hall–Kier alpha value is -3.04. The number of hydrogen-bond acceptors (Lipinski definition) is 6. The van der Waals surface area contributed by atoms with E-state index in [2.05, 4.69) is 0 Å². The number of carbonyl (C=O) groups excluding carboxylic acids is 3. The fourth-order valence-electron chi connectivity index (χ4n) is 4.15. The topological polar surface area (TPSA) is 101 Å². The van der Waals surface area contributed by atoms with E-state index < -0.39 is 10.0 Å². The Labute approximate surface area is 193 Å². The molecule has 1 saturated heterocycles. The molecule has 0 radical (unpaired) electrons. The Morgan fingerprint density at radius 3 is 2.12 bits per heavy atom. The largest absolute Gasteiger partial charge is 0.465 e. The third-order valence-corrected chi connectivity index (χ3v) is 8.01. The van der Waals surface area contributed by atoms with Crippen molar-refractivity contribution in [1.29, 1.82) is 0 Å². The minimum absolute atomic E-state index is 0.0914. The highest BCUT2D eigenvalue weighted by Gasteiger charge is 2.35. The molecule has 0 aliphatic carbocycles. The number of hydrogen-bond donors (Lipinski definition) is 0. The molecular formula is C24H26N2O6S. The monoisotopic (exact) mass is 470 g/mol. The zero-order valence-corrected chi connectivity index (χ0v) is 19.2. The van der Waals surface area contributed by atoms with E-state index in [0.29, 0.717) is 30.4 Å². The van der Waals surface area contributed by atoms with E-state index in [1.54, 1.807) is 48.5 Å². The van der Waals surface area contributed by atoms with Gasteiger partial charge in [0.1, 0.15) is 0 Å². The number of aryl methyl sites for hydroxylation is 1. The number of imide groups is 1. The molecular weight excluding hydrogens is 444 g/mol. The SMILES string of the molecule is Cc1ccc(S(=O)(=O)N2CCC(C(=O)OCCCN3C(=O)c4ccccc4C3=O)CC2)cc1. The molecule has 2 aromatic carbocycles. The van der Waals surface area contributed by atoms with Crippen molar-refractivity contribution in [2.24, 2.45) is 5.92 Å². The highest BCUT2D eigenvalue weighted by Crippen LogP contribution is 2.25. The van der Waals surface area contributed by atoms with E-state index in [1.165, 1.54) is 9.21 Å². The summed E-state index contributed by atoms with van der Waals surface area (Å²) in [6.45, 7) is 2.67. The lowest BCUT2D eigenvalue weighted by Crippen LogP contribution is -2.40. The van der Waals surface area contributed by atoms with Gasteiger partial charge >= 0.3 is 5.97 Å². The van der Waals surface area contributed by atoms with Gasteiger partial charge in [-0.1, -0.05) is 29.8 Å². The molecule has 1 fully saturated rings. The molecule has 2 aliphatic heterocycles. The molecule has 2 amide bonds. The molecule has 0 atom stereocenters. The molecule has 0 spiro atoms. The standard InChI is InChI=1S/C24H26N2O6S/c1-17-7-9-19(10-8-17)33(30,31)25-14-11-18(12-15-25)24(29)32-16-4-13-26-22(27)20-5-2-3-6-21(20)23(26)28/h2-3,5-10,18H,4,11-16H2,1H3. The Balaban J connectivity index is 1.22. The van der Waals surface area contributed by atoms with Gasteiger partial charge in [-0.3, -0.25) is 19.3 Å². The van der Waals surface area contributed by atoms with Crippen LogP contribution in [0.4, 0.5) is 0 Å². The van der Waals surface area contributed by atoms with Gasteiger partial charge in [-0.2, -0.15) is 4.31 Å². The van der Waals surface area contributed by atoms with Crippen LogP contribution in [-0.4, -0.2) is 61.6 Å². The van der Waals surface area contributed by atoms with E-state index in [4.69, 9.17) is 4.74 Å². The third kappa shape index (κ3) is 4.69. The van der Waals surface area contributed by atoms with Crippen molar-refractivity contribution < 1.29 is 27.5 Å². The Morgan fingerprint density at radius 1 is 0.970 bits per heavy atom. The number of carbonyl (C=O) groups is 3. The molecule has 2 aliphatic rings. The van der Waals surface area contributed by atoms with Crippen molar-refractivity contribution in [2.45, 2.75) is 31.1 Å². The van der Waals surface area contributed by atoms with E-state index in [-0.39, 0.29) is 54.8 Å². The number of piperidine rings is 1. The number of ether oxygens (including phenoxy) is 1. The average molecular weight is 471 g/mol. The molecule has 0 saturated carbocycles. The number of benzene rings is 2. The number of amides is 2. The molecule has 0 bridgehead atoms. The maximum absolute atomic E-state index is 12.8. The lowest BCUT2D eigenvalue weighted by molar-refractivity contribution is -0.149. The van der Waals surface area contributed by atoms with E-state index >= 15 is 0 Å². The van der Waals surface area contributed by atoms with Crippen LogP contribution in [0.2, 0.25) is 0 Å². The first-order chi connectivity index (χ1) is 15.8. The minimum Gasteiger partial charge on any atom is -0.465 e. The third-order valence-electron chi connectivity index (χ3n) is 6.09. The van der Waals surface area contributed by atoms with Gasteiger partial charge in [0, 0.05) is 19.6 Å². The number of rotatable bonds is 7. The van der Waals surface area contributed by atoms with Crippen molar-refractivity contribution in [3.63, 3.8) is 0 Å². The van der Waals surface area contributed by atoms with Crippen LogP contribution in [0.25, 0.3) is 0 Å². The first-order valence-corrected chi connectivity index (χ1v) is 12.4. The quantitative estimate of drug-likeness (QED) is 0.350. The first kappa shape index (κ1) is 23.1. The van der Waals surface area contributed by atoms with Crippen molar-refractivity contribution in [3.8, 4) is 0 Å². The van der Waals surface area contributed by atoms with Crippen LogP contribution in [0.1, 0.15) is 45.5 Å². The second kappa shape index (κ2) is 9.44. The molecule has 174 valence electrons. The van der Waals surface area contributed by atoms with Gasteiger partial charge in [-0.25, -0.2) is 8.42 Å². The van der Waals surface area contributed by atoms with Crippen LogP contribution in [0.5, 0.6) is 0 Å². The Kier molecular flexibility index (Phi) is 6.62. The van der Waals surface area contributed by atoms with Crippen molar-refractivity contribution >= 4 is 27.8 Å². The summed E-state index contributed by atoms with van der Waals surface area (Å²) in [7, 11) is -3.58. The van der Waals surface area contributed by atoms with E-state index in [9.17, 15) is 22.8 Å². The Morgan fingerprint density at radius 2 is 1.55 bits per heavy atom. The molecule has 0 aromatic heterocycles. The Bertz CT molecular complexity index is 1130. The van der Waals surface area contributed by atoms with Gasteiger partial charge < -0.3 is 4.74 Å². The predicted molar refractivity (Wildman–Crippen MR) is 120 cm³/mol. The second-order valence-corrected chi connectivity index (χ2v) is 10.3. The van der Waals surface area contributed by atoms with Crippen LogP contribution in [0.15, 0.2) is 53.4 Å². The average Bonchev–Trinajstić information content (AvgIpc) is 3.07. The minimum atomic E-state index is -3.58. The van der Waals surface area contributed by atoms with Crippen LogP contribution in [0, 0.1) is 12.8 Å². The highest BCUT2D eigenvalue weighted by molar-refractivity contribution is 7.89. The summed E-state index contributed by atoms with van der Waals surface area (Å²) in [4.78, 5) is 38.6. The zero-order chi connectivity index (χ0) is 23.6. The van der Waals surface area contributed by atoms with Gasteiger partial charge in [0.25, 0.3) is 11.8 Å². The molecule has 33 heavy (non-hydrogen) atoms. The summed E-state index contributed by atoms with van der Waals surface area (Å²) in [6, 6.07) is 13.4. The molecule has 2 heterocycles. The van der Waals surface area contributed by atoms with Gasteiger partial charge in [0.05, 0.1) is 28.5 Å². The molecule has 0 unspecified atom stereocenters. The maximum atomic E-state index is 12.8. The first-order valence-electron chi connectivity index (χ1n) is 11.0. The van der Waals surface area contributed by atoms with Crippen molar-refractivity contribution in [1.82, 2.24) is 9.21 Å². The van der Waals surface area contributed by atoms with Crippen LogP contribution >= 0.6 is 0 Å². The fourth-order valence-corrected chi connectivity index (χ4v) is 5.62. The van der Waals surface area contributed by atoms with Gasteiger partial charge in [0.2, 0.25) is 10.0 Å². The second-order valence-electron chi connectivity index (χ2n) is 8.32. The van der Waals surface area contributed by atoms with Gasteiger partial charge in [0.15, 0.2) is 0 Å². The number of fused-ring (bicyclic) bond motifs is 1. The molecule has 2 aromatic rings. The van der Waals surface area contributed by atoms with Crippen LogP contribution in [-0.2, 0) is 19.6 Å². The van der Waals surface area contributed by atoms with Crippen LogP contribution in [0.3, 0.4) is 0 Å². The number of sulfonamides is 1. The highest BCUT2D eigenvalue weighted by atomic mass is 32.2.